The molecule has 1 amide bonds. The first kappa shape index (κ1) is 16.3. The van der Waals surface area contributed by atoms with Crippen LogP contribution in [-0.2, 0) is 9.59 Å². The minimum absolute atomic E-state index is 0.0115. The molecule has 1 heterocycles. The molecule has 8 heteroatoms. The summed E-state index contributed by atoms with van der Waals surface area (Å²) in [6, 6.07) is 4.69. The van der Waals surface area contributed by atoms with Crippen LogP contribution in [0.15, 0.2) is 23.1 Å². The average molecular weight is 339 g/mol. The molecule has 0 bridgehead atoms. The van der Waals surface area contributed by atoms with Crippen molar-refractivity contribution in [1.29, 1.82) is 0 Å². The number of hydrogen-bond acceptors (Lipinski definition) is 6. The van der Waals surface area contributed by atoms with E-state index in [0.717, 1.165) is 16.7 Å². The van der Waals surface area contributed by atoms with Gasteiger partial charge in [-0.25, -0.2) is 0 Å². The molecule has 0 unspecified atom stereocenters. The Morgan fingerprint density at radius 1 is 1.50 bits per heavy atom. The van der Waals surface area contributed by atoms with Gasteiger partial charge in [0.15, 0.2) is 11.5 Å². The van der Waals surface area contributed by atoms with Crippen LogP contribution in [0.4, 0.5) is 0 Å². The molecule has 1 aromatic carbocycles. The molecule has 2 rings (SSSR count). The summed E-state index contributed by atoms with van der Waals surface area (Å²) < 4.78 is 5.49. The van der Waals surface area contributed by atoms with E-state index >= 15 is 0 Å². The number of phenols is 1. The smallest absolute Gasteiger partial charge is 0.323 e. The van der Waals surface area contributed by atoms with Crippen molar-refractivity contribution < 1.29 is 24.5 Å². The summed E-state index contributed by atoms with van der Waals surface area (Å²) in [5.41, 5.74) is 0.650. The summed E-state index contributed by atoms with van der Waals surface area (Å²) in [4.78, 5) is 24.3. The van der Waals surface area contributed by atoms with Gasteiger partial charge < -0.3 is 14.9 Å². The van der Waals surface area contributed by atoms with Gasteiger partial charge in [-0.15, -0.1) is 0 Å². The highest BCUT2D eigenvalue weighted by Gasteiger charge is 2.33. The minimum atomic E-state index is -1.12. The Balaban J connectivity index is 2.26. The number of amides is 1. The van der Waals surface area contributed by atoms with Crippen molar-refractivity contribution in [3.63, 3.8) is 0 Å². The van der Waals surface area contributed by atoms with Crippen LogP contribution in [-0.4, -0.2) is 44.5 Å². The fourth-order valence-electron chi connectivity index (χ4n) is 1.81. The molecule has 0 aliphatic carbocycles. The molecule has 0 spiro atoms. The number of rotatable bonds is 5. The maximum Gasteiger partial charge on any atom is 0.323 e. The van der Waals surface area contributed by atoms with E-state index < -0.39 is 18.4 Å². The lowest BCUT2D eigenvalue weighted by molar-refractivity contribution is -0.140. The van der Waals surface area contributed by atoms with Gasteiger partial charge in [0.2, 0.25) is 0 Å². The van der Waals surface area contributed by atoms with Gasteiger partial charge in [-0.2, -0.15) is 0 Å². The standard InChI is InChI=1S/C14H13NO5S2/c1-2-20-10-5-8(3-4-9(10)16)6-11-13(19)15(7-12(17)18)14(21)22-11/h3-6,16H,2,7H2,1H3,(H,17,18). The van der Waals surface area contributed by atoms with Crippen LogP contribution in [0.5, 0.6) is 11.5 Å². The quantitative estimate of drug-likeness (QED) is 0.627. The maximum atomic E-state index is 12.1. The van der Waals surface area contributed by atoms with E-state index in [2.05, 4.69) is 0 Å². The second-order valence-corrected chi connectivity index (χ2v) is 6.00. The predicted octanol–water partition coefficient (Wildman–Crippen LogP) is 2.08. The van der Waals surface area contributed by atoms with Crippen LogP contribution >= 0.6 is 24.0 Å². The number of carbonyl (C=O) groups excluding carboxylic acids is 1. The third-order valence-corrected chi connectivity index (χ3v) is 4.13. The van der Waals surface area contributed by atoms with Gasteiger partial charge in [0.1, 0.15) is 10.9 Å². The molecule has 0 atom stereocenters. The van der Waals surface area contributed by atoms with Crippen LogP contribution < -0.4 is 4.74 Å². The highest BCUT2D eigenvalue weighted by Crippen LogP contribution is 2.34. The van der Waals surface area contributed by atoms with Crippen LogP contribution in [0.2, 0.25) is 0 Å². The summed E-state index contributed by atoms with van der Waals surface area (Å²) in [6.45, 7) is 1.74. The number of phenolic OH excluding ortho intramolecular Hbond substituents is 1. The lowest BCUT2D eigenvalue weighted by Gasteiger charge is -2.10. The monoisotopic (exact) mass is 339 g/mol. The molecular weight excluding hydrogens is 326 g/mol. The Morgan fingerprint density at radius 2 is 2.23 bits per heavy atom. The molecule has 22 heavy (non-hydrogen) atoms. The van der Waals surface area contributed by atoms with Gasteiger partial charge in [-0.1, -0.05) is 30.0 Å². The van der Waals surface area contributed by atoms with Gasteiger partial charge in [0, 0.05) is 0 Å². The second kappa shape index (κ2) is 6.80. The van der Waals surface area contributed by atoms with Crippen molar-refractivity contribution in [1.82, 2.24) is 4.90 Å². The Morgan fingerprint density at radius 3 is 2.86 bits per heavy atom. The van der Waals surface area contributed by atoms with Crippen molar-refractivity contribution in [3.8, 4) is 11.5 Å². The van der Waals surface area contributed by atoms with Crippen molar-refractivity contribution in [2.45, 2.75) is 6.92 Å². The molecule has 1 fully saturated rings. The molecule has 1 aliphatic heterocycles. The Labute approximate surface area is 136 Å². The zero-order valence-electron chi connectivity index (χ0n) is 11.6. The van der Waals surface area contributed by atoms with E-state index in [1.165, 1.54) is 6.07 Å². The zero-order chi connectivity index (χ0) is 16.3. The van der Waals surface area contributed by atoms with Crippen LogP contribution in [0.1, 0.15) is 12.5 Å². The number of ether oxygens (including phenoxy) is 1. The Hall–Kier alpha value is -2.06. The molecule has 116 valence electrons. The number of hydrogen-bond donors (Lipinski definition) is 2. The van der Waals surface area contributed by atoms with Gasteiger partial charge in [0.25, 0.3) is 5.91 Å². The summed E-state index contributed by atoms with van der Waals surface area (Å²) in [7, 11) is 0. The number of thioether (sulfide) groups is 1. The van der Waals surface area contributed by atoms with Crippen molar-refractivity contribution >= 4 is 46.3 Å². The van der Waals surface area contributed by atoms with Crippen LogP contribution in [0, 0.1) is 0 Å². The van der Waals surface area contributed by atoms with Crippen LogP contribution in [0.25, 0.3) is 6.08 Å². The predicted molar refractivity (Wildman–Crippen MR) is 86.8 cm³/mol. The number of benzene rings is 1. The molecular formula is C14H13NO5S2. The van der Waals surface area contributed by atoms with Crippen LogP contribution in [0.3, 0.4) is 0 Å². The molecule has 6 nitrogen and oxygen atoms in total. The third-order valence-electron chi connectivity index (χ3n) is 2.75. The molecule has 0 saturated carbocycles. The number of aliphatic carboxylic acids is 1. The van der Waals surface area contributed by atoms with E-state index in [1.54, 1.807) is 25.1 Å². The number of nitrogens with zero attached hydrogens (tertiary/aromatic N) is 1. The van der Waals surface area contributed by atoms with E-state index in [4.69, 9.17) is 22.1 Å². The molecule has 0 aromatic heterocycles. The SMILES string of the molecule is CCOc1cc(C=C2SC(=S)N(CC(=O)O)C2=O)ccc1O. The van der Waals surface area contributed by atoms with Gasteiger partial charge in [0.05, 0.1) is 11.5 Å². The van der Waals surface area contributed by atoms with E-state index in [1.807, 2.05) is 0 Å². The Kier molecular flexibility index (Phi) is 5.04. The number of carboxylic acid groups (broad SMARTS) is 1. The number of thiocarbonyl (C=S) groups is 1. The highest BCUT2D eigenvalue weighted by molar-refractivity contribution is 8.26. The summed E-state index contributed by atoms with van der Waals surface area (Å²) in [6.07, 6.45) is 1.59. The molecule has 2 N–H and O–H groups in total. The first-order valence-electron chi connectivity index (χ1n) is 6.35. The average Bonchev–Trinajstić information content (AvgIpc) is 2.70. The molecule has 1 saturated heterocycles. The van der Waals surface area contributed by atoms with E-state index in [0.29, 0.717) is 22.8 Å². The highest BCUT2D eigenvalue weighted by atomic mass is 32.2. The first-order chi connectivity index (χ1) is 10.4. The fraction of sp³-hybridized carbons (Fsp3) is 0.214. The lowest BCUT2D eigenvalue weighted by Crippen LogP contribution is -2.33. The van der Waals surface area contributed by atoms with Crippen molar-refractivity contribution in [3.05, 3.63) is 28.7 Å². The molecule has 0 radical (unpaired) electrons. The fourth-order valence-corrected chi connectivity index (χ4v) is 3.07. The first-order valence-corrected chi connectivity index (χ1v) is 7.57. The Bertz CT molecular complexity index is 671. The van der Waals surface area contributed by atoms with Gasteiger partial charge in [-0.05, 0) is 30.7 Å². The second-order valence-electron chi connectivity index (χ2n) is 4.32. The largest absolute Gasteiger partial charge is 0.504 e. The number of carboxylic acids is 1. The maximum absolute atomic E-state index is 12.1. The third kappa shape index (κ3) is 3.58. The minimum Gasteiger partial charge on any atom is -0.504 e. The van der Waals surface area contributed by atoms with E-state index in [-0.39, 0.29) is 10.1 Å². The topological polar surface area (TPSA) is 87.1 Å². The number of aromatic hydroxyl groups is 1. The normalized spacial score (nSPS) is 16.4. The van der Waals surface area contributed by atoms with Gasteiger partial charge in [-0.3, -0.25) is 14.5 Å². The van der Waals surface area contributed by atoms with Crippen molar-refractivity contribution in [2.24, 2.45) is 0 Å². The lowest BCUT2D eigenvalue weighted by atomic mass is 10.2. The summed E-state index contributed by atoms with van der Waals surface area (Å²) >= 11 is 6.06. The zero-order valence-corrected chi connectivity index (χ0v) is 13.2. The molecule has 1 aliphatic rings. The van der Waals surface area contributed by atoms with E-state index in [9.17, 15) is 14.7 Å². The number of carbonyl (C=O) groups is 2. The summed E-state index contributed by atoms with van der Waals surface area (Å²) in [5.74, 6) is -1.24. The van der Waals surface area contributed by atoms with Gasteiger partial charge >= 0.3 is 5.97 Å². The molecule has 1 aromatic rings. The summed E-state index contributed by atoms with van der Waals surface area (Å²) in [5, 5.41) is 18.4. The van der Waals surface area contributed by atoms with Crippen molar-refractivity contribution in [2.75, 3.05) is 13.2 Å².